The van der Waals surface area contributed by atoms with Gasteiger partial charge in [0.2, 0.25) is 5.91 Å². The summed E-state index contributed by atoms with van der Waals surface area (Å²) in [6.07, 6.45) is 0.296. The van der Waals surface area contributed by atoms with Crippen molar-refractivity contribution in [1.82, 2.24) is 14.7 Å². The van der Waals surface area contributed by atoms with E-state index in [4.69, 9.17) is 4.74 Å². The van der Waals surface area contributed by atoms with E-state index in [1.165, 1.54) is 11.0 Å². The summed E-state index contributed by atoms with van der Waals surface area (Å²) >= 11 is 1.69. The molecule has 188 valence electrons. The van der Waals surface area contributed by atoms with E-state index in [0.29, 0.717) is 19.6 Å². The highest BCUT2D eigenvalue weighted by atomic mass is 32.2. The molecular formula is C26H33FN4O3S. The zero-order chi connectivity index (χ0) is 24.8. The maximum atomic E-state index is 13.5. The van der Waals surface area contributed by atoms with E-state index in [-0.39, 0.29) is 23.1 Å². The summed E-state index contributed by atoms with van der Waals surface area (Å²) < 4.78 is 19.7. The number of piperazine rings is 1. The number of benzene rings is 2. The third kappa shape index (κ3) is 6.08. The van der Waals surface area contributed by atoms with E-state index in [1.807, 2.05) is 30.3 Å². The number of halogens is 1. The molecule has 0 spiro atoms. The first kappa shape index (κ1) is 25.3. The van der Waals surface area contributed by atoms with Crippen LogP contribution in [0.1, 0.15) is 24.3 Å². The van der Waals surface area contributed by atoms with E-state index < -0.39 is 0 Å². The smallest absolute Gasteiger partial charge is 0.327 e. The van der Waals surface area contributed by atoms with Crippen LogP contribution in [-0.4, -0.2) is 85.3 Å². The molecule has 2 saturated heterocycles. The molecule has 1 atom stereocenters. The Morgan fingerprint density at radius 2 is 1.86 bits per heavy atom. The lowest BCUT2D eigenvalue weighted by Gasteiger charge is -2.36. The highest BCUT2D eigenvalue weighted by Gasteiger charge is 2.35. The molecule has 3 amide bonds. The molecule has 2 aliphatic heterocycles. The molecular weight excluding hydrogens is 467 g/mol. The van der Waals surface area contributed by atoms with Crippen LogP contribution in [-0.2, 0) is 4.79 Å². The van der Waals surface area contributed by atoms with Gasteiger partial charge < -0.3 is 14.5 Å². The molecule has 35 heavy (non-hydrogen) atoms. The number of imide groups is 1. The second-order valence-corrected chi connectivity index (χ2v) is 9.89. The topological polar surface area (TPSA) is 56.3 Å². The molecule has 2 heterocycles. The molecule has 2 fully saturated rings. The van der Waals surface area contributed by atoms with Crippen LogP contribution >= 0.6 is 11.8 Å². The lowest BCUT2D eigenvalue weighted by Crippen LogP contribution is -2.47. The predicted octanol–water partition coefficient (Wildman–Crippen LogP) is 4.06. The van der Waals surface area contributed by atoms with Gasteiger partial charge in [-0.1, -0.05) is 31.2 Å². The van der Waals surface area contributed by atoms with Gasteiger partial charge in [0.1, 0.15) is 23.5 Å². The number of carbonyl (C=O) groups excluding carboxylic acids is 2. The minimum absolute atomic E-state index is 0.180. The van der Waals surface area contributed by atoms with Crippen LogP contribution in [0, 0.1) is 5.82 Å². The Bertz CT molecular complexity index is 1030. The van der Waals surface area contributed by atoms with Crippen molar-refractivity contribution < 1.29 is 18.7 Å². The molecule has 9 heteroatoms. The second kappa shape index (κ2) is 11.8. The van der Waals surface area contributed by atoms with E-state index in [2.05, 4.69) is 9.80 Å². The number of rotatable bonds is 7. The standard InChI is InChI=1S/C26H33FN4O3S/c1-3-24(32)28(2)26(33)31-16-18-35-25(31)22-9-4-5-10-23(22)34-17-15-29-11-13-30(14-12-29)21-8-6-7-20(27)19-21/h4-10,19,25H,3,11-18H2,1-2H3. The van der Waals surface area contributed by atoms with Crippen molar-refractivity contribution in [3.05, 3.63) is 59.9 Å². The van der Waals surface area contributed by atoms with Gasteiger partial charge in [-0.05, 0) is 24.3 Å². The molecule has 0 radical (unpaired) electrons. The quantitative estimate of drug-likeness (QED) is 0.572. The molecule has 0 aromatic heterocycles. The van der Waals surface area contributed by atoms with Gasteiger partial charge in [-0.15, -0.1) is 11.8 Å². The van der Waals surface area contributed by atoms with Crippen molar-refractivity contribution in [2.75, 3.05) is 63.6 Å². The summed E-state index contributed by atoms with van der Waals surface area (Å²) in [4.78, 5) is 32.5. The average molecular weight is 501 g/mol. The molecule has 4 rings (SSSR count). The fourth-order valence-corrected chi connectivity index (χ4v) is 5.74. The fraction of sp³-hybridized carbons (Fsp3) is 0.462. The van der Waals surface area contributed by atoms with Crippen molar-refractivity contribution in [2.45, 2.75) is 18.7 Å². The average Bonchev–Trinajstić information content (AvgIpc) is 3.38. The Kier molecular flexibility index (Phi) is 8.51. The number of thioether (sulfide) groups is 1. The predicted molar refractivity (Wildman–Crippen MR) is 137 cm³/mol. The largest absolute Gasteiger partial charge is 0.492 e. The van der Waals surface area contributed by atoms with Crippen LogP contribution in [0.5, 0.6) is 5.75 Å². The van der Waals surface area contributed by atoms with Gasteiger partial charge in [0.25, 0.3) is 0 Å². The Balaban J connectivity index is 1.32. The van der Waals surface area contributed by atoms with E-state index in [1.54, 1.807) is 42.8 Å². The molecule has 0 bridgehead atoms. The number of hydrogen-bond acceptors (Lipinski definition) is 6. The fourth-order valence-electron chi connectivity index (χ4n) is 4.46. The number of anilines is 1. The summed E-state index contributed by atoms with van der Waals surface area (Å²) in [6, 6.07) is 14.3. The Hall–Kier alpha value is -2.78. The highest BCUT2D eigenvalue weighted by Crippen LogP contribution is 2.42. The molecule has 0 aliphatic carbocycles. The van der Waals surface area contributed by atoms with Crippen LogP contribution in [0.4, 0.5) is 14.9 Å². The molecule has 0 saturated carbocycles. The molecule has 0 N–H and O–H groups in total. The van der Waals surface area contributed by atoms with Gasteiger partial charge in [-0.25, -0.2) is 9.18 Å². The first-order chi connectivity index (χ1) is 17.0. The SMILES string of the molecule is CCC(=O)N(C)C(=O)N1CCSC1c1ccccc1OCCN1CCN(c2cccc(F)c2)CC1. The van der Waals surface area contributed by atoms with E-state index >= 15 is 0 Å². The number of urea groups is 1. The second-order valence-electron chi connectivity index (χ2n) is 8.70. The molecule has 1 unspecified atom stereocenters. The molecule has 2 aromatic carbocycles. The minimum atomic E-state index is -0.266. The van der Waals surface area contributed by atoms with Crippen molar-refractivity contribution in [3.63, 3.8) is 0 Å². The maximum Gasteiger partial charge on any atom is 0.327 e. The third-order valence-corrected chi connectivity index (χ3v) is 7.74. The Labute approximate surface area is 210 Å². The van der Waals surface area contributed by atoms with Gasteiger partial charge in [0.05, 0.1) is 0 Å². The summed E-state index contributed by atoms with van der Waals surface area (Å²) in [5.74, 6) is 1.19. The third-order valence-electron chi connectivity index (χ3n) is 6.50. The van der Waals surface area contributed by atoms with Gasteiger partial charge in [-0.2, -0.15) is 0 Å². The van der Waals surface area contributed by atoms with E-state index in [9.17, 15) is 14.0 Å². The number of ether oxygens (including phenoxy) is 1. The molecule has 2 aromatic rings. The van der Waals surface area contributed by atoms with Gasteiger partial charge >= 0.3 is 6.03 Å². The lowest BCUT2D eigenvalue weighted by atomic mass is 10.2. The maximum absolute atomic E-state index is 13.5. The van der Waals surface area contributed by atoms with Crippen LogP contribution < -0.4 is 9.64 Å². The van der Waals surface area contributed by atoms with Crippen molar-refractivity contribution >= 4 is 29.4 Å². The number of hydrogen-bond donors (Lipinski definition) is 0. The zero-order valence-electron chi connectivity index (χ0n) is 20.4. The first-order valence-corrected chi connectivity index (χ1v) is 13.2. The minimum Gasteiger partial charge on any atom is -0.492 e. The summed E-state index contributed by atoms with van der Waals surface area (Å²) in [6.45, 7) is 7.15. The summed E-state index contributed by atoms with van der Waals surface area (Å²) in [7, 11) is 1.55. The van der Waals surface area contributed by atoms with Crippen LogP contribution in [0.15, 0.2) is 48.5 Å². The zero-order valence-corrected chi connectivity index (χ0v) is 21.2. The van der Waals surface area contributed by atoms with E-state index in [0.717, 1.165) is 55.5 Å². The highest BCUT2D eigenvalue weighted by molar-refractivity contribution is 7.99. The first-order valence-electron chi connectivity index (χ1n) is 12.1. The summed E-state index contributed by atoms with van der Waals surface area (Å²) in [5.41, 5.74) is 1.88. The van der Waals surface area contributed by atoms with Crippen molar-refractivity contribution in [2.24, 2.45) is 0 Å². The van der Waals surface area contributed by atoms with Crippen molar-refractivity contribution in [1.29, 1.82) is 0 Å². The summed E-state index contributed by atoms with van der Waals surface area (Å²) in [5, 5.41) is -0.180. The van der Waals surface area contributed by atoms with Gasteiger partial charge in [-0.3, -0.25) is 14.6 Å². The normalized spacial score (nSPS) is 18.5. The van der Waals surface area contributed by atoms with Crippen LogP contribution in [0.2, 0.25) is 0 Å². The molecule has 7 nitrogen and oxygen atoms in total. The number of para-hydroxylation sites is 1. The number of carbonyl (C=O) groups is 2. The molecule has 2 aliphatic rings. The number of amides is 3. The lowest BCUT2D eigenvalue weighted by molar-refractivity contribution is -0.127. The number of nitrogens with zero attached hydrogens (tertiary/aromatic N) is 4. The van der Waals surface area contributed by atoms with Gasteiger partial charge in [0, 0.05) is 69.7 Å². The monoisotopic (exact) mass is 500 g/mol. The van der Waals surface area contributed by atoms with Crippen molar-refractivity contribution in [3.8, 4) is 5.75 Å². The van der Waals surface area contributed by atoms with Crippen LogP contribution in [0.3, 0.4) is 0 Å². The van der Waals surface area contributed by atoms with Crippen LogP contribution in [0.25, 0.3) is 0 Å². The Morgan fingerprint density at radius 1 is 1.09 bits per heavy atom. The Morgan fingerprint density at radius 3 is 2.60 bits per heavy atom. The van der Waals surface area contributed by atoms with Gasteiger partial charge in [0.15, 0.2) is 0 Å².